The number of hydrogen-bond acceptors (Lipinski definition) is 3. The summed E-state index contributed by atoms with van der Waals surface area (Å²) in [5, 5.41) is 6.26. The number of fused-ring (bicyclic) bond motifs is 1. The van der Waals surface area contributed by atoms with E-state index >= 15 is 0 Å². The second-order valence-corrected chi connectivity index (χ2v) is 6.23. The summed E-state index contributed by atoms with van der Waals surface area (Å²) >= 11 is 1.80. The number of Topliss-reactive ketones (excluding diaryl/α,β-unsaturated/α-hetero) is 1. The molecule has 4 heteroatoms. The summed E-state index contributed by atoms with van der Waals surface area (Å²) in [6.07, 6.45) is 8.61. The molecule has 2 aromatic rings. The van der Waals surface area contributed by atoms with Crippen LogP contribution >= 0.6 is 11.3 Å². The van der Waals surface area contributed by atoms with Gasteiger partial charge in [-0.2, -0.15) is 5.10 Å². The zero-order valence-electron chi connectivity index (χ0n) is 11.1. The van der Waals surface area contributed by atoms with Gasteiger partial charge in [0, 0.05) is 30.5 Å². The van der Waals surface area contributed by atoms with Gasteiger partial charge in [0.15, 0.2) is 0 Å². The van der Waals surface area contributed by atoms with Crippen LogP contribution in [0.1, 0.15) is 41.2 Å². The first-order chi connectivity index (χ1) is 9.24. The van der Waals surface area contributed by atoms with Crippen molar-refractivity contribution in [2.75, 3.05) is 0 Å². The second kappa shape index (κ2) is 5.29. The first kappa shape index (κ1) is 12.6. The molecule has 100 valence electrons. The molecule has 0 saturated heterocycles. The molecular formula is C15H18N2OS. The normalized spacial score (nSPS) is 18.3. The van der Waals surface area contributed by atoms with Crippen molar-refractivity contribution in [1.82, 2.24) is 9.78 Å². The van der Waals surface area contributed by atoms with Gasteiger partial charge in [-0.1, -0.05) is 0 Å². The molecule has 0 bridgehead atoms. The maximum Gasteiger partial charge on any atom is 0.140 e. The summed E-state index contributed by atoms with van der Waals surface area (Å²) in [5.74, 6) is 0.537. The van der Waals surface area contributed by atoms with Crippen LogP contribution in [-0.4, -0.2) is 15.6 Å². The molecule has 1 aliphatic rings. The lowest BCUT2D eigenvalue weighted by Crippen LogP contribution is -2.17. The third kappa shape index (κ3) is 2.63. The van der Waals surface area contributed by atoms with Crippen molar-refractivity contribution in [2.24, 2.45) is 7.05 Å². The quantitative estimate of drug-likeness (QED) is 0.858. The van der Waals surface area contributed by atoms with Crippen molar-refractivity contribution < 1.29 is 4.79 Å². The molecule has 0 spiro atoms. The van der Waals surface area contributed by atoms with Gasteiger partial charge in [-0.3, -0.25) is 9.48 Å². The van der Waals surface area contributed by atoms with Crippen molar-refractivity contribution in [1.29, 1.82) is 0 Å². The molecule has 0 radical (unpaired) electrons. The van der Waals surface area contributed by atoms with E-state index in [4.69, 9.17) is 0 Å². The Hall–Kier alpha value is -1.42. The maximum absolute atomic E-state index is 12.4. The van der Waals surface area contributed by atoms with Gasteiger partial charge in [-0.25, -0.2) is 0 Å². The van der Waals surface area contributed by atoms with Gasteiger partial charge in [-0.15, -0.1) is 11.3 Å². The third-order valence-electron chi connectivity index (χ3n) is 3.86. The molecule has 1 aliphatic carbocycles. The number of aromatic nitrogens is 2. The fourth-order valence-electron chi connectivity index (χ4n) is 2.86. The van der Waals surface area contributed by atoms with E-state index in [1.54, 1.807) is 16.0 Å². The molecule has 19 heavy (non-hydrogen) atoms. The monoisotopic (exact) mass is 274 g/mol. The molecule has 0 fully saturated rings. The van der Waals surface area contributed by atoms with Crippen molar-refractivity contribution in [3.05, 3.63) is 39.8 Å². The molecule has 1 atom stereocenters. The van der Waals surface area contributed by atoms with Crippen LogP contribution in [0.2, 0.25) is 0 Å². The van der Waals surface area contributed by atoms with Crippen LogP contribution in [0, 0.1) is 0 Å². The lowest BCUT2D eigenvalue weighted by Gasteiger charge is -2.21. The van der Waals surface area contributed by atoms with Gasteiger partial charge in [0.2, 0.25) is 0 Å². The predicted octanol–water partition coefficient (Wildman–Crippen LogP) is 3.10. The minimum atomic E-state index is 0.145. The Morgan fingerprint density at radius 1 is 1.58 bits per heavy atom. The van der Waals surface area contributed by atoms with E-state index in [0.717, 1.165) is 31.2 Å². The largest absolute Gasteiger partial charge is 0.299 e. The number of rotatable bonds is 4. The number of carbonyl (C=O) groups is 1. The highest BCUT2D eigenvalue weighted by molar-refractivity contribution is 7.10. The summed E-state index contributed by atoms with van der Waals surface area (Å²) < 4.78 is 1.79. The molecule has 0 aromatic carbocycles. The number of aryl methyl sites for hydroxylation is 3. The van der Waals surface area contributed by atoms with E-state index < -0.39 is 0 Å². The minimum absolute atomic E-state index is 0.145. The fraction of sp³-hybridized carbons (Fsp3) is 0.467. The smallest absolute Gasteiger partial charge is 0.140 e. The van der Waals surface area contributed by atoms with Gasteiger partial charge in [-0.05, 0) is 48.3 Å². The number of carbonyl (C=O) groups excluding carboxylic acids is 1. The Bertz CT molecular complexity index is 584. The van der Waals surface area contributed by atoms with Gasteiger partial charge in [0.1, 0.15) is 5.78 Å². The summed E-state index contributed by atoms with van der Waals surface area (Å²) in [7, 11) is 1.91. The zero-order valence-corrected chi connectivity index (χ0v) is 11.9. The molecule has 2 heterocycles. The molecule has 2 aromatic heterocycles. The van der Waals surface area contributed by atoms with Crippen molar-refractivity contribution in [3.8, 4) is 0 Å². The topological polar surface area (TPSA) is 34.9 Å². The summed E-state index contributed by atoms with van der Waals surface area (Å²) in [6.45, 7) is 0. The van der Waals surface area contributed by atoms with Gasteiger partial charge >= 0.3 is 0 Å². The molecular weight excluding hydrogens is 256 g/mol. The highest BCUT2D eigenvalue weighted by Gasteiger charge is 2.26. The summed E-state index contributed by atoms with van der Waals surface area (Å²) in [5.41, 5.74) is 2.45. The van der Waals surface area contributed by atoms with E-state index in [9.17, 15) is 4.79 Å². The Kier molecular flexibility index (Phi) is 3.51. The third-order valence-corrected chi connectivity index (χ3v) is 4.86. The Labute approximate surface area is 117 Å². The van der Waals surface area contributed by atoms with Crippen LogP contribution in [0.5, 0.6) is 0 Å². The van der Waals surface area contributed by atoms with E-state index in [1.165, 1.54) is 10.4 Å². The van der Waals surface area contributed by atoms with E-state index in [2.05, 4.69) is 16.5 Å². The Morgan fingerprint density at radius 2 is 2.47 bits per heavy atom. The molecule has 3 rings (SSSR count). The minimum Gasteiger partial charge on any atom is -0.299 e. The summed E-state index contributed by atoms with van der Waals surface area (Å²) in [4.78, 5) is 13.8. The first-order valence-electron chi connectivity index (χ1n) is 6.80. The molecule has 0 aliphatic heterocycles. The van der Waals surface area contributed by atoms with Gasteiger partial charge in [0.25, 0.3) is 0 Å². The number of nitrogens with zero attached hydrogens (tertiary/aromatic N) is 2. The first-order valence-corrected chi connectivity index (χ1v) is 7.68. The van der Waals surface area contributed by atoms with Gasteiger partial charge < -0.3 is 0 Å². The predicted molar refractivity (Wildman–Crippen MR) is 76.5 cm³/mol. The van der Waals surface area contributed by atoms with Crippen LogP contribution in [0.25, 0.3) is 0 Å². The van der Waals surface area contributed by atoms with Crippen molar-refractivity contribution in [2.45, 2.75) is 38.0 Å². The highest BCUT2D eigenvalue weighted by Crippen LogP contribution is 2.36. The summed E-state index contributed by atoms with van der Waals surface area (Å²) in [6, 6.07) is 2.14. The van der Waals surface area contributed by atoms with Crippen LogP contribution in [0.15, 0.2) is 23.8 Å². The van der Waals surface area contributed by atoms with Crippen LogP contribution < -0.4 is 0 Å². The highest BCUT2D eigenvalue weighted by atomic mass is 32.1. The number of ketones is 1. The standard InChI is InChI=1S/C15H18N2OS/c1-17-10-11(9-16-17)5-6-14(18)12-3-2-4-15-13(12)7-8-19-15/h7-10,12H,2-6H2,1H3. The fourth-order valence-corrected chi connectivity index (χ4v) is 3.85. The second-order valence-electron chi connectivity index (χ2n) is 5.23. The average Bonchev–Trinajstić information content (AvgIpc) is 3.03. The lowest BCUT2D eigenvalue weighted by atomic mass is 9.83. The Balaban J connectivity index is 1.65. The van der Waals surface area contributed by atoms with Gasteiger partial charge in [0.05, 0.1) is 6.20 Å². The van der Waals surface area contributed by atoms with Crippen LogP contribution in [0.3, 0.4) is 0 Å². The Morgan fingerprint density at radius 3 is 3.26 bits per heavy atom. The van der Waals surface area contributed by atoms with E-state index in [-0.39, 0.29) is 5.92 Å². The maximum atomic E-state index is 12.4. The number of hydrogen-bond donors (Lipinski definition) is 0. The van der Waals surface area contributed by atoms with Crippen LogP contribution in [0.4, 0.5) is 0 Å². The van der Waals surface area contributed by atoms with E-state index in [0.29, 0.717) is 12.2 Å². The zero-order chi connectivity index (χ0) is 13.2. The molecule has 1 unspecified atom stereocenters. The van der Waals surface area contributed by atoms with E-state index in [1.807, 2.05) is 19.4 Å². The van der Waals surface area contributed by atoms with Crippen LogP contribution in [-0.2, 0) is 24.7 Å². The molecule has 3 nitrogen and oxygen atoms in total. The SMILES string of the molecule is Cn1cc(CCC(=O)C2CCCc3sccc32)cn1. The molecule has 0 amide bonds. The van der Waals surface area contributed by atoms with Crippen molar-refractivity contribution >= 4 is 17.1 Å². The molecule has 0 N–H and O–H groups in total. The molecule has 0 saturated carbocycles. The average molecular weight is 274 g/mol. The van der Waals surface area contributed by atoms with Crippen molar-refractivity contribution in [3.63, 3.8) is 0 Å². The number of thiophene rings is 1. The lowest BCUT2D eigenvalue weighted by molar-refractivity contribution is -0.120.